The minimum Gasteiger partial charge on any atom is -0.377 e. The molecule has 3 atom stereocenters. The molecule has 0 amide bonds. The molecule has 2 rings (SSSR count). The smallest absolute Gasteiger partial charge is 0.0733 e. The zero-order chi connectivity index (χ0) is 14.9. The Hall–Kier alpha value is -0.860. The molecule has 0 aromatic heterocycles. The molecule has 0 heterocycles. The number of ether oxygens (including phenoxy) is 1. The Labute approximate surface area is 130 Å². The van der Waals surface area contributed by atoms with Gasteiger partial charge in [-0.15, -0.1) is 0 Å². The van der Waals surface area contributed by atoms with Gasteiger partial charge < -0.3 is 10.1 Å². The van der Waals surface area contributed by atoms with Gasteiger partial charge in [0.1, 0.15) is 0 Å². The molecule has 0 bridgehead atoms. The summed E-state index contributed by atoms with van der Waals surface area (Å²) in [6, 6.07) is 11.5. The highest BCUT2D eigenvalue weighted by Crippen LogP contribution is 2.34. The Morgan fingerprint density at radius 1 is 1.10 bits per heavy atom. The Morgan fingerprint density at radius 2 is 1.90 bits per heavy atom. The predicted molar refractivity (Wildman–Crippen MR) is 89.8 cm³/mol. The van der Waals surface area contributed by atoms with E-state index in [1.54, 1.807) is 0 Å². The lowest BCUT2D eigenvalue weighted by Gasteiger charge is -2.36. The molecule has 2 nitrogen and oxygen atoms in total. The number of hydrogen-bond donors (Lipinski definition) is 1. The number of likely N-dealkylation sites (N-methyl/N-ethyl adjacent to an activating group) is 1. The van der Waals surface area contributed by atoms with Crippen LogP contribution in [0.2, 0.25) is 0 Å². The van der Waals surface area contributed by atoms with Crippen molar-refractivity contribution in [1.29, 1.82) is 0 Å². The topological polar surface area (TPSA) is 21.3 Å². The van der Waals surface area contributed by atoms with Gasteiger partial charge in [0.05, 0.1) is 6.10 Å². The fraction of sp³-hybridized carbons (Fsp3) is 0.684. The largest absolute Gasteiger partial charge is 0.377 e. The van der Waals surface area contributed by atoms with Gasteiger partial charge in [-0.2, -0.15) is 0 Å². The standard InChI is InChI=1S/C19H31NO/c1-3-4-5-9-14-21-19-15-17(12-13-18(19)20-2)16-10-7-6-8-11-16/h6-8,10-11,17-20H,3-5,9,12-15H2,1-2H3. The molecule has 1 aliphatic carbocycles. The van der Waals surface area contributed by atoms with Crippen molar-refractivity contribution in [2.24, 2.45) is 0 Å². The average molecular weight is 289 g/mol. The first kappa shape index (κ1) is 16.5. The Morgan fingerprint density at radius 3 is 2.62 bits per heavy atom. The van der Waals surface area contributed by atoms with Crippen LogP contribution in [-0.4, -0.2) is 25.8 Å². The minimum atomic E-state index is 0.371. The van der Waals surface area contributed by atoms with Gasteiger partial charge in [-0.1, -0.05) is 56.5 Å². The molecule has 1 saturated carbocycles. The highest BCUT2D eigenvalue weighted by molar-refractivity contribution is 5.20. The third-order valence-corrected chi connectivity index (χ3v) is 4.76. The summed E-state index contributed by atoms with van der Waals surface area (Å²) in [7, 11) is 2.07. The van der Waals surface area contributed by atoms with Crippen molar-refractivity contribution in [2.75, 3.05) is 13.7 Å². The maximum absolute atomic E-state index is 6.22. The number of rotatable bonds is 8. The molecule has 1 aliphatic rings. The van der Waals surface area contributed by atoms with Gasteiger partial charge >= 0.3 is 0 Å². The molecular weight excluding hydrogens is 258 g/mol. The highest BCUT2D eigenvalue weighted by Gasteiger charge is 2.30. The first-order valence-corrected chi connectivity index (χ1v) is 8.69. The minimum absolute atomic E-state index is 0.371. The normalized spacial score (nSPS) is 25.9. The van der Waals surface area contributed by atoms with Crippen molar-refractivity contribution in [3.05, 3.63) is 35.9 Å². The SMILES string of the molecule is CCCCCCOC1CC(c2ccccc2)CCC1NC. The number of hydrogen-bond acceptors (Lipinski definition) is 2. The summed E-state index contributed by atoms with van der Waals surface area (Å²) in [4.78, 5) is 0. The van der Waals surface area contributed by atoms with E-state index in [1.165, 1.54) is 44.1 Å². The van der Waals surface area contributed by atoms with E-state index in [4.69, 9.17) is 4.74 Å². The summed E-state index contributed by atoms with van der Waals surface area (Å²) in [5, 5.41) is 3.45. The molecule has 0 saturated heterocycles. The molecule has 1 aromatic rings. The fourth-order valence-corrected chi connectivity index (χ4v) is 3.44. The highest BCUT2D eigenvalue weighted by atomic mass is 16.5. The molecule has 118 valence electrons. The molecule has 1 aromatic carbocycles. The van der Waals surface area contributed by atoms with Gasteiger partial charge in [-0.05, 0) is 44.2 Å². The summed E-state index contributed by atoms with van der Waals surface area (Å²) in [5.74, 6) is 0.663. The maximum atomic E-state index is 6.22. The first-order chi connectivity index (χ1) is 10.3. The van der Waals surface area contributed by atoms with Crippen molar-refractivity contribution in [3.8, 4) is 0 Å². The van der Waals surface area contributed by atoms with E-state index in [0.29, 0.717) is 18.1 Å². The second kappa shape index (κ2) is 9.22. The summed E-state index contributed by atoms with van der Waals surface area (Å²) in [5.41, 5.74) is 1.48. The lowest BCUT2D eigenvalue weighted by Crippen LogP contribution is -2.43. The summed E-state index contributed by atoms with van der Waals surface area (Å²) in [6.45, 7) is 3.17. The van der Waals surface area contributed by atoms with Crippen molar-refractivity contribution in [3.63, 3.8) is 0 Å². The second-order valence-electron chi connectivity index (χ2n) is 6.29. The Kier molecular flexibility index (Phi) is 7.25. The molecule has 1 N–H and O–H groups in total. The van der Waals surface area contributed by atoms with Gasteiger partial charge in [0.2, 0.25) is 0 Å². The maximum Gasteiger partial charge on any atom is 0.0733 e. The molecular formula is C19H31NO. The van der Waals surface area contributed by atoms with Crippen molar-refractivity contribution < 1.29 is 4.74 Å². The van der Waals surface area contributed by atoms with E-state index < -0.39 is 0 Å². The fourth-order valence-electron chi connectivity index (χ4n) is 3.44. The van der Waals surface area contributed by atoms with Crippen LogP contribution in [0.5, 0.6) is 0 Å². The quantitative estimate of drug-likeness (QED) is 0.711. The molecule has 21 heavy (non-hydrogen) atoms. The Bertz CT molecular complexity index is 378. The van der Waals surface area contributed by atoms with Crippen LogP contribution in [0.25, 0.3) is 0 Å². The van der Waals surface area contributed by atoms with E-state index in [-0.39, 0.29) is 0 Å². The van der Waals surface area contributed by atoms with Crippen molar-refractivity contribution in [2.45, 2.75) is 69.9 Å². The zero-order valence-electron chi connectivity index (χ0n) is 13.7. The van der Waals surface area contributed by atoms with Gasteiger partial charge in [0, 0.05) is 12.6 Å². The lowest BCUT2D eigenvalue weighted by molar-refractivity contribution is -0.000228. The van der Waals surface area contributed by atoms with E-state index in [2.05, 4.69) is 49.6 Å². The molecule has 3 unspecified atom stereocenters. The number of benzene rings is 1. The lowest BCUT2D eigenvalue weighted by atomic mass is 9.80. The molecule has 0 radical (unpaired) electrons. The predicted octanol–water partition coefficient (Wildman–Crippen LogP) is 4.51. The molecule has 0 aliphatic heterocycles. The zero-order valence-corrected chi connectivity index (χ0v) is 13.7. The molecule has 1 fully saturated rings. The third-order valence-electron chi connectivity index (χ3n) is 4.76. The molecule has 2 heteroatoms. The van der Waals surface area contributed by atoms with Crippen LogP contribution in [-0.2, 0) is 4.74 Å². The van der Waals surface area contributed by atoms with Crippen LogP contribution < -0.4 is 5.32 Å². The monoisotopic (exact) mass is 289 g/mol. The summed E-state index contributed by atoms with van der Waals surface area (Å²) < 4.78 is 6.22. The molecule has 0 spiro atoms. The van der Waals surface area contributed by atoms with Crippen LogP contribution in [0.15, 0.2) is 30.3 Å². The van der Waals surface area contributed by atoms with Crippen LogP contribution >= 0.6 is 0 Å². The van der Waals surface area contributed by atoms with E-state index in [9.17, 15) is 0 Å². The van der Waals surface area contributed by atoms with Gasteiger partial charge in [-0.25, -0.2) is 0 Å². The van der Waals surface area contributed by atoms with Crippen molar-refractivity contribution >= 4 is 0 Å². The van der Waals surface area contributed by atoms with E-state index in [0.717, 1.165) is 13.0 Å². The summed E-state index contributed by atoms with van der Waals surface area (Å²) >= 11 is 0. The first-order valence-electron chi connectivity index (χ1n) is 8.69. The van der Waals surface area contributed by atoms with E-state index >= 15 is 0 Å². The van der Waals surface area contributed by atoms with Crippen LogP contribution in [0.4, 0.5) is 0 Å². The number of nitrogens with one attached hydrogen (secondary N) is 1. The third kappa shape index (κ3) is 5.12. The van der Waals surface area contributed by atoms with Crippen LogP contribution in [0, 0.1) is 0 Å². The van der Waals surface area contributed by atoms with Crippen LogP contribution in [0.1, 0.15) is 63.4 Å². The van der Waals surface area contributed by atoms with Gasteiger partial charge in [0.15, 0.2) is 0 Å². The second-order valence-corrected chi connectivity index (χ2v) is 6.29. The Balaban J connectivity index is 1.84. The van der Waals surface area contributed by atoms with E-state index in [1.807, 2.05) is 0 Å². The number of unbranched alkanes of at least 4 members (excludes halogenated alkanes) is 3. The van der Waals surface area contributed by atoms with Gasteiger partial charge in [-0.3, -0.25) is 0 Å². The van der Waals surface area contributed by atoms with Crippen LogP contribution in [0.3, 0.4) is 0 Å². The summed E-state index contributed by atoms with van der Waals surface area (Å²) in [6.07, 6.45) is 9.14. The van der Waals surface area contributed by atoms with Gasteiger partial charge in [0.25, 0.3) is 0 Å². The van der Waals surface area contributed by atoms with Crippen molar-refractivity contribution in [1.82, 2.24) is 5.32 Å². The average Bonchev–Trinajstić information content (AvgIpc) is 2.55.